The van der Waals surface area contributed by atoms with Crippen LogP contribution in [-0.2, 0) is 4.79 Å². The summed E-state index contributed by atoms with van der Waals surface area (Å²) in [5.41, 5.74) is 0.882. The minimum Gasteiger partial charge on any atom is -0.497 e. The highest BCUT2D eigenvalue weighted by Gasteiger charge is 2.32. The van der Waals surface area contributed by atoms with Gasteiger partial charge in [0.2, 0.25) is 11.9 Å². The summed E-state index contributed by atoms with van der Waals surface area (Å²) in [4.78, 5) is 15.0. The molecule has 2 heterocycles. The molecule has 8 nitrogen and oxygen atoms in total. The molecule has 1 aliphatic heterocycles. The van der Waals surface area contributed by atoms with E-state index in [-0.39, 0.29) is 11.9 Å². The van der Waals surface area contributed by atoms with Crippen molar-refractivity contribution in [2.75, 3.05) is 38.0 Å². The fraction of sp³-hybridized carbons (Fsp3) is 0.571. The number of benzene rings is 1. The van der Waals surface area contributed by atoms with E-state index in [2.05, 4.69) is 25.0 Å². The normalized spacial score (nSPS) is 17.1. The lowest BCUT2D eigenvalue weighted by Gasteiger charge is -2.19. The number of nitrogens with one attached hydrogen (secondary N) is 1. The van der Waals surface area contributed by atoms with Gasteiger partial charge in [-0.15, -0.1) is 10.2 Å². The van der Waals surface area contributed by atoms with Crippen molar-refractivity contribution < 1.29 is 14.3 Å². The Bertz CT molecular complexity index is 893. The van der Waals surface area contributed by atoms with E-state index in [4.69, 9.17) is 9.47 Å². The number of anilines is 1. The van der Waals surface area contributed by atoms with Crippen molar-refractivity contribution >= 4 is 23.6 Å². The van der Waals surface area contributed by atoms with Gasteiger partial charge in [-0.05, 0) is 50.8 Å². The molecule has 2 fully saturated rings. The number of nitrogens with zero attached hydrogens (tertiary/aromatic N) is 4. The van der Waals surface area contributed by atoms with Gasteiger partial charge in [-0.1, -0.05) is 11.8 Å². The maximum atomic E-state index is 12.6. The fourth-order valence-electron chi connectivity index (χ4n) is 3.82. The fourth-order valence-corrected chi connectivity index (χ4v) is 4.63. The molecule has 1 unspecified atom stereocenters. The van der Waals surface area contributed by atoms with Crippen LogP contribution in [0.4, 0.5) is 5.95 Å². The molecule has 2 aliphatic rings. The second-order valence-electron chi connectivity index (χ2n) is 7.76. The molecular formula is C21H29N5O3S. The molecule has 9 heteroatoms. The van der Waals surface area contributed by atoms with Gasteiger partial charge in [-0.2, -0.15) is 0 Å². The van der Waals surface area contributed by atoms with Crippen LogP contribution in [0, 0.1) is 0 Å². The Labute approximate surface area is 181 Å². The van der Waals surface area contributed by atoms with Crippen molar-refractivity contribution in [3.8, 4) is 11.5 Å². The minimum absolute atomic E-state index is 0.0505. The third kappa shape index (κ3) is 4.50. The Morgan fingerprint density at radius 2 is 2.00 bits per heavy atom. The number of methoxy groups -OCH3 is 2. The Morgan fingerprint density at radius 3 is 2.67 bits per heavy atom. The monoisotopic (exact) mass is 431 g/mol. The van der Waals surface area contributed by atoms with Gasteiger partial charge in [0, 0.05) is 24.7 Å². The molecule has 1 saturated carbocycles. The summed E-state index contributed by atoms with van der Waals surface area (Å²) in [5.74, 6) is 2.66. The number of amides is 1. The molecule has 4 rings (SSSR count). The first-order valence-electron chi connectivity index (χ1n) is 10.4. The van der Waals surface area contributed by atoms with E-state index >= 15 is 0 Å². The van der Waals surface area contributed by atoms with E-state index in [1.54, 1.807) is 14.2 Å². The van der Waals surface area contributed by atoms with Crippen LogP contribution in [0.2, 0.25) is 0 Å². The first kappa shape index (κ1) is 20.8. The average molecular weight is 432 g/mol. The molecule has 30 heavy (non-hydrogen) atoms. The summed E-state index contributed by atoms with van der Waals surface area (Å²) in [5, 5.41) is 12.7. The highest BCUT2D eigenvalue weighted by atomic mass is 32.2. The van der Waals surface area contributed by atoms with E-state index in [0.717, 1.165) is 54.1 Å². The van der Waals surface area contributed by atoms with Gasteiger partial charge >= 0.3 is 0 Å². The van der Waals surface area contributed by atoms with E-state index in [0.29, 0.717) is 11.8 Å². The van der Waals surface area contributed by atoms with Gasteiger partial charge in [0.15, 0.2) is 5.16 Å². The molecule has 2 aromatic rings. The Balaban J connectivity index is 1.40. The topological polar surface area (TPSA) is 81.5 Å². The van der Waals surface area contributed by atoms with Crippen LogP contribution in [0.1, 0.15) is 50.3 Å². The molecule has 162 valence electrons. The zero-order valence-corrected chi connectivity index (χ0v) is 18.6. The van der Waals surface area contributed by atoms with E-state index in [9.17, 15) is 4.79 Å². The highest BCUT2D eigenvalue weighted by molar-refractivity contribution is 7.99. The average Bonchev–Trinajstić information content (AvgIpc) is 3.27. The molecule has 0 spiro atoms. The van der Waals surface area contributed by atoms with Crippen LogP contribution in [0.3, 0.4) is 0 Å². The largest absolute Gasteiger partial charge is 0.497 e. The lowest BCUT2D eigenvalue weighted by atomic mass is 10.1. The molecule has 0 radical (unpaired) electrons. The van der Waals surface area contributed by atoms with E-state index < -0.39 is 0 Å². The van der Waals surface area contributed by atoms with E-state index in [1.807, 2.05) is 25.1 Å². The zero-order chi connectivity index (χ0) is 21.1. The van der Waals surface area contributed by atoms with Crippen LogP contribution in [0.25, 0.3) is 0 Å². The second-order valence-corrected chi connectivity index (χ2v) is 8.71. The number of rotatable bonds is 9. The quantitative estimate of drug-likeness (QED) is 0.611. The maximum absolute atomic E-state index is 12.6. The lowest BCUT2D eigenvalue weighted by Crippen LogP contribution is -2.28. The predicted octanol–water partition coefficient (Wildman–Crippen LogP) is 3.20. The molecule has 1 atom stereocenters. The molecule has 0 bridgehead atoms. The Kier molecular flexibility index (Phi) is 6.36. The maximum Gasteiger partial charge on any atom is 0.230 e. The van der Waals surface area contributed by atoms with Crippen molar-refractivity contribution in [2.24, 2.45) is 0 Å². The number of aromatic nitrogens is 3. The minimum atomic E-state index is -0.204. The van der Waals surface area contributed by atoms with Crippen molar-refractivity contribution in [2.45, 2.75) is 49.8 Å². The van der Waals surface area contributed by atoms with E-state index in [1.165, 1.54) is 24.6 Å². The second kappa shape index (κ2) is 9.16. The van der Waals surface area contributed by atoms with Crippen molar-refractivity contribution in [1.29, 1.82) is 0 Å². The van der Waals surface area contributed by atoms with Crippen LogP contribution >= 0.6 is 11.8 Å². The van der Waals surface area contributed by atoms with Crippen molar-refractivity contribution in [1.82, 2.24) is 20.1 Å². The summed E-state index contributed by atoms with van der Waals surface area (Å²) in [6.45, 7) is 4.02. The summed E-state index contributed by atoms with van der Waals surface area (Å²) in [6.07, 6.45) is 4.72. The predicted molar refractivity (Wildman–Crippen MR) is 117 cm³/mol. The Morgan fingerprint density at radius 1 is 1.23 bits per heavy atom. The number of carbonyl (C=O) groups excluding carboxylic acids is 1. The Hall–Kier alpha value is -2.42. The third-order valence-corrected chi connectivity index (χ3v) is 6.50. The number of hydrogen-bond acceptors (Lipinski definition) is 7. The molecule has 1 aromatic heterocycles. The zero-order valence-electron chi connectivity index (χ0n) is 17.8. The standard InChI is InChI=1S/C21H29N5O3S/c1-14(17-12-16(28-2)8-9-18(17)29-3)22-19(27)13-30-21-24-23-20(25-10-4-5-11-25)26(21)15-6-7-15/h8-9,12,14-15H,4-7,10-11,13H2,1-3H3,(H,22,27). The molecule has 1 aromatic carbocycles. The lowest BCUT2D eigenvalue weighted by molar-refractivity contribution is -0.119. The van der Waals surface area contributed by atoms with Gasteiger partial charge < -0.3 is 19.7 Å². The first-order valence-corrected chi connectivity index (χ1v) is 11.4. The number of hydrogen-bond donors (Lipinski definition) is 1. The molecule has 1 amide bonds. The number of thioether (sulfide) groups is 1. The number of carbonyl (C=O) groups is 1. The van der Waals surface area contributed by atoms with Crippen LogP contribution in [0.5, 0.6) is 11.5 Å². The summed E-state index contributed by atoms with van der Waals surface area (Å²) < 4.78 is 13.0. The van der Waals surface area contributed by atoms with Gasteiger partial charge in [0.25, 0.3) is 0 Å². The highest BCUT2D eigenvalue weighted by Crippen LogP contribution is 2.41. The van der Waals surface area contributed by atoms with Crippen LogP contribution in [0.15, 0.2) is 23.4 Å². The first-order chi connectivity index (χ1) is 14.6. The van der Waals surface area contributed by atoms with Crippen molar-refractivity contribution in [3.05, 3.63) is 23.8 Å². The third-order valence-electron chi connectivity index (χ3n) is 5.56. The van der Waals surface area contributed by atoms with Crippen molar-refractivity contribution in [3.63, 3.8) is 0 Å². The summed E-state index contributed by atoms with van der Waals surface area (Å²) >= 11 is 1.45. The number of ether oxygens (including phenoxy) is 2. The van der Waals surface area contributed by atoms with Gasteiger partial charge in [0.1, 0.15) is 11.5 Å². The smallest absolute Gasteiger partial charge is 0.230 e. The van der Waals surface area contributed by atoms with Gasteiger partial charge in [0.05, 0.1) is 26.0 Å². The van der Waals surface area contributed by atoms with Crippen LogP contribution < -0.4 is 19.7 Å². The van der Waals surface area contributed by atoms with Gasteiger partial charge in [-0.3, -0.25) is 9.36 Å². The molecule has 1 saturated heterocycles. The van der Waals surface area contributed by atoms with Gasteiger partial charge in [-0.25, -0.2) is 0 Å². The molecule has 1 aliphatic carbocycles. The van der Waals surface area contributed by atoms with Crippen LogP contribution in [-0.4, -0.2) is 53.7 Å². The summed E-state index contributed by atoms with van der Waals surface area (Å²) in [7, 11) is 3.25. The molecular weight excluding hydrogens is 402 g/mol. The summed E-state index contributed by atoms with van der Waals surface area (Å²) in [6, 6.07) is 5.85. The molecule has 1 N–H and O–H groups in total. The SMILES string of the molecule is COc1ccc(OC)c(C(C)NC(=O)CSc2nnc(N3CCCC3)n2C2CC2)c1.